The molecule has 0 amide bonds. The monoisotopic (exact) mass is 333 g/mol. The lowest BCUT2D eigenvalue weighted by atomic mass is 9.70. The minimum atomic E-state index is 0.0248. The van der Waals surface area contributed by atoms with Crippen molar-refractivity contribution < 1.29 is 14.7 Å². The van der Waals surface area contributed by atoms with E-state index in [0.29, 0.717) is 43.1 Å². The zero-order valence-electron chi connectivity index (χ0n) is 15.1. The SMILES string of the molecule is C=CCON=C(CCC)C1=C(O)CC(C2CCC(C)CC2)CC1=O. The highest BCUT2D eigenvalue weighted by molar-refractivity contribution is 6.23. The number of allylic oxidation sites excluding steroid dienone is 2. The number of ketones is 1. The zero-order valence-corrected chi connectivity index (χ0v) is 15.1. The zero-order chi connectivity index (χ0) is 17.5. The number of hydrogen-bond acceptors (Lipinski definition) is 4. The van der Waals surface area contributed by atoms with Gasteiger partial charge < -0.3 is 9.94 Å². The number of aliphatic hydroxyl groups is 1. The highest BCUT2D eigenvalue weighted by atomic mass is 16.6. The number of hydrogen-bond donors (Lipinski definition) is 1. The van der Waals surface area contributed by atoms with Crippen molar-refractivity contribution in [2.45, 2.75) is 65.2 Å². The van der Waals surface area contributed by atoms with Gasteiger partial charge in [-0.1, -0.05) is 50.9 Å². The van der Waals surface area contributed by atoms with E-state index in [1.165, 1.54) is 25.7 Å². The van der Waals surface area contributed by atoms with Gasteiger partial charge in [0, 0.05) is 12.8 Å². The van der Waals surface area contributed by atoms with Crippen molar-refractivity contribution in [3.63, 3.8) is 0 Å². The Labute approximate surface area is 145 Å². The molecule has 4 nitrogen and oxygen atoms in total. The standard InChI is InChI=1S/C20H31NO3/c1-4-6-17(21-24-11-5-2)20-18(22)12-16(13-19(20)23)15-9-7-14(3)8-10-15/h5,14-16,22H,2,4,6-13H2,1,3H3. The number of Topliss-reactive ketones (excluding diaryl/α,β-unsaturated/α-hetero) is 1. The molecule has 0 spiro atoms. The minimum absolute atomic E-state index is 0.0248. The van der Waals surface area contributed by atoms with Crippen LogP contribution in [0.15, 0.2) is 29.1 Å². The van der Waals surface area contributed by atoms with Gasteiger partial charge in [-0.05, 0) is 37.0 Å². The van der Waals surface area contributed by atoms with Crippen molar-refractivity contribution in [2.75, 3.05) is 6.61 Å². The van der Waals surface area contributed by atoms with Gasteiger partial charge in [-0.2, -0.15) is 0 Å². The molecule has 1 saturated carbocycles. The molecule has 2 aliphatic rings. The smallest absolute Gasteiger partial charge is 0.168 e. The van der Waals surface area contributed by atoms with Crippen LogP contribution in [0.1, 0.15) is 65.2 Å². The Bertz CT molecular complexity index is 513. The summed E-state index contributed by atoms with van der Waals surface area (Å²) in [5.74, 6) is 1.88. The molecular formula is C20H31NO3. The second-order valence-electron chi connectivity index (χ2n) is 7.31. The maximum absolute atomic E-state index is 12.7. The quantitative estimate of drug-likeness (QED) is 0.310. The Morgan fingerprint density at radius 1 is 1.29 bits per heavy atom. The predicted molar refractivity (Wildman–Crippen MR) is 97.0 cm³/mol. The van der Waals surface area contributed by atoms with Crippen molar-refractivity contribution in [3.05, 3.63) is 24.0 Å². The summed E-state index contributed by atoms with van der Waals surface area (Å²) < 4.78 is 0. The number of carbonyl (C=O) groups excluding carboxylic acids is 1. The fraction of sp³-hybridized carbons (Fsp3) is 0.700. The van der Waals surface area contributed by atoms with Crippen LogP contribution in [0.5, 0.6) is 0 Å². The van der Waals surface area contributed by atoms with Gasteiger partial charge in [0.1, 0.15) is 12.4 Å². The van der Waals surface area contributed by atoms with Gasteiger partial charge in [0.05, 0.1) is 11.3 Å². The van der Waals surface area contributed by atoms with E-state index in [1.54, 1.807) is 6.08 Å². The Kier molecular flexibility index (Phi) is 7.07. The lowest BCUT2D eigenvalue weighted by Gasteiger charge is -2.34. The first-order valence-corrected chi connectivity index (χ1v) is 9.32. The van der Waals surface area contributed by atoms with Gasteiger partial charge in [0.25, 0.3) is 0 Å². The molecule has 24 heavy (non-hydrogen) atoms. The first kappa shape index (κ1) is 18.8. The normalized spacial score (nSPS) is 28.8. The summed E-state index contributed by atoms with van der Waals surface area (Å²) >= 11 is 0. The maximum Gasteiger partial charge on any atom is 0.168 e. The summed E-state index contributed by atoms with van der Waals surface area (Å²) in [5, 5.41) is 14.6. The molecule has 2 aliphatic carbocycles. The van der Waals surface area contributed by atoms with Crippen molar-refractivity contribution in [2.24, 2.45) is 22.9 Å². The Morgan fingerprint density at radius 3 is 2.58 bits per heavy atom. The third kappa shape index (κ3) is 4.71. The molecule has 0 aliphatic heterocycles. The van der Waals surface area contributed by atoms with Crippen LogP contribution in [-0.2, 0) is 9.63 Å². The van der Waals surface area contributed by atoms with E-state index < -0.39 is 0 Å². The summed E-state index contributed by atoms with van der Waals surface area (Å²) in [7, 11) is 0. The van der Waals surface area contributed by atoms with Crippen molar-refractivity contribution in [1.82, 2.24) is 0 Å². The Hall–Kier alpha value is -1.58. The topological polar surface area (TPSA) is 58.9 Å². The second kappa shape index (κ2) is 9.05. The second-order valence-corrected chi connectivity index (χ2v) is 7.31. The summed E-state index contributed by atoms with van der Waals surface area (Å²) in [5.41, 5.74) is 0.985. The van der Waals surface area contributed by atoms with E-state index in [4.69, 9.17) is 4.84 Å². The highest BCUT2D eigenvalue weighted by Gasteiger charge is 2.35. The summed E-state index contributed by atoms with van der Waals surface area (Å²) in [6, 6.07) is 0. The first-order chi connectivity index (χ1) is 11.6. The van der Waals surface area contributed by atoms with Gasteiger partial charge in [0.15, 0.2) is 5.78 Å². The highest BCUT2D eigenvalue weighted by Crippen LogP contribution is 2.40. The molecule has 0 saturated heterocycles. The minimum Gasteiger partial charge on any atom is -0.511 e. The largest absolute Gasteiger partial charge is 0.511 e. The fourth-order valence-corrected chi connectivity index (χ4v) is 3.96. The van der Waals surface area contributed by atoms with Crippen LogP contribution in [-0.4, -0.2) is 23.2 Å². The molecule has 0 aromatic rings. The van der Waals surface area contributed by atoms with Gasteiger partial charge in [-0.3, -0.25) is 4.79 Å². The number of carbonyl (C=O) groups is 1. The van der Waals surface area contributed by atoms with Gasteiger partial charge >= 0.3 is 0 Å². The van der Waals surface area contributed by atoms with Crippen LogP contribution < -0.4 is 0 Å². The van der Waals surface area contributed by atoms with E-state index in [-0.39, 0.29) is 17.5 Å². The van der Waals surface area contributed by atoms with Gasteiger partial charge in [0.2, 0.25) is 0 Å². The summed E-state index contributed by atoms with van der Waals surface area (Å²) in [4.78, 5) is 17.9. The predicted octanol–water partition coefficient (Wildman–Crippen LogP) is 4.96. The van der Waals surface area contributed by atoms with Crippen molar-refractivity contribution in [3.8, 4) is 0 Å². The molecule has 0 heterocycles. The molecule has 2 rings (SSSR count). The van der Waals surface area contributed by atoms with E-state index in [9.17, 15) is 9.90 Å². The third-order valence-corrected chi connectivity index (χ3v) is 5.34. The Morgan fingerprint density at radius 2 is 2.00 bits per heavy atom. The number of nitrogens with zero attached hydrogens (tertiary/aromatic N) is 1. The lowest BCUT2D eigenvalue weighted by Crippen LogP contribution is -2.30. The first-order valence-electron chi connectivity index (χ1n) is 9.32. The molecule has 4 heteroatoms. The van der Waals surface area contributed by atoms with Crippen LogP contribution in [0.25, 0.3) is 0 Å². The van der Waals surface area contributed by atoms with Crippen LogP contribution in [0.3, 0.4) is 0 Å². The molecule has 0 aromatic heterocycles. The molecule has 1 fully saturated rings. The van der Waals surface area contributed by atoms with Gasteiger partial charge in [-0.25, -0.2) is 0 Å². The fourth-order valence-electron chi connectivity index (χ4n) is 3.96. The third-order valence-electron chi connectivity index (χ3n) is 5.34. The molecule has 134 valence electrons. The van der Waals surface area contributed by atoms with E-state index in [1.807, 2.05) is 6.92 Å². The van der Waals surface area contributed by atoms with Crippen LogP contribution >= 0.6 is 0 Å². The molecule has 0 radical (unpaired) electrons. The average molecular weight is 333 g/mol. The van der Waals surface area contributed by atoms with Crippen molar-refractivity contribution >= 4 is 11.5 Å². The lowest BCUT2D eigenvalue weighted by molar-refractivity contribution is -0.117. The molecule has 1 N–H and O–H groups in total. The molecular weight excluding hydrogens is 302 g/mol. The van der Waals surface area contributed by atoms with E-state index >= 15 is 0 Å². The van der Waals surface area contributed by atoms with Crippen molar-refractivity contribution in [1.29, 1.82) is 0 Å². The van der Waals surface area contributed by atoms with Gasteiger partial charge in [-0.15, -0.1) is 0 Å². The summed E-state index contributed by atoms with van der Waals surface area (Å²) in [6.07, 6.45) is 9.07. The number of rotatable bonds is 7. The molecule has 1 unspecified atom stereocenters. The average Bonchev–Trinajstić information content (AvgIpc) is 2.55. The molecule has 0 bridgehead atoms. The number of aliphatic hydroxyl groups excluding tert-OH is 1. The summed E-state index contributed by atoms with van der Waals surface area (Å²) in [6.45, 7) is 8.22. The van der Waals surface area contributed by atoms with Crippen LogP contribution in [0.4, 0.5) is 0 Å². The van der Waals surface area contributed by atoms with Crippen LogP contribution in [0.2, 0.25) is 0 Å². The molecule has 1 atom stereocenters. The maximum atomic E-state index is 12.7. The Balaban J connectivity index is 2.12. The van der Waals surface area contributed by atoms with Crippen LogP contribution in [0, 0.1) is 17.8 Å². The molecule has 0 aromatic carbocycles. The number of oxime groups is 1. The van der Waals surface area contributed by atoms with E-state index in [0.717, 1.165) is 12.3 Å². The van der Waals surface area contributed by atoms with E-state index in [2.05, 4.69) is 18.7 Å².